The molecule has 0 unspecified atom stereocenters. The van der Waals surface area contributed by atoms with Crippen LogP contribution < -0.4 is 0 Å². The molecular formula is C21H16N2O4S. The predicted molar refractivity (Wildman–Crippen MR) is 106 cm³/mol. The Hall–Kier alpha value is -3.45. The highest BCUT2D eigenvalue weighted by molar-refractivity contribution is 7.90. The predicted octanol–water partition coefficient (Wildman–Crippen LogP) is 3.73. The van der Waals surface area contributed by atoms with E-state index in [4.69, 9.17) is 0 Å². The summed E-state index contributed by atoms with van der Waals surface area (Å²) in [5.41, 5.74) is 2.10. The Morgan fingerprint density at radius 2 is 1.68 bits per heavy atom. The van der Waals surface area contributed by atoms with E-state index < -0.39 is 16.0 Å². The first kappa shape index (κ1) is 17.9. The Balaban J connectivity index is 1.89. The van der Waals surface area contributed by atoms with Crippen LogP contribution >= 0.6 is 0 Å². The molecule has 4 aromatic rings. The molecule has 0 atom stereocenters. The Kier molecular flexibility index (Phi) is 4.44. The zero-order chi connectivity index (χ0) is 19.7. The first-order valence-corrected chi connectivity index (χ1v) is 9.92. The molecule has 0 bridgehead atoms. The van der Waals surface area contributed by atoms with Crippen LogP contribution in [0.3, 0.4) is 0 Å². The lowest BCUT2D eigenvalue weighted by atomic mass is 10.1. The number of carbonyl (C=O) groups excluding carboxylic acids is 1. The molecule has 0 fully saturated rings. The van der Waals surface area contributed by atoms with Gasteiger partial charge in [-0.05, 0) is 30.3 Å². The van der Waals surface area contributed by atoms with Gasteiger partial charge in [-0.1, -0.05) is 36.4 Å². The van der Waals surface area contributed by atoms with Gasteiger partial charge in [-0.3, -0.25) is 4.98 Å². The Morgan fingerprint density at radius 3 is 2.36 bits per heavy atom. The van der Waals surface area contributed by atoms with Crippen molar-refractivity contribution < 1.29 is 17.9 Å². The van der Waals surface area contributed by atoms with E-state index in [1.807, 2.05) is 12.1 Å². The summed E-state index contributed by atoms with van der Waals surface area (Å²) in [6.45, 7) is 0. The molecule has 2 heterocycles. The molecule has 6 nitrogen and oxygen atoms in total. The van der Waals surface area contributed by atoms with E-state index in [-0.39, 0.29) is 4.90 Å². The smallest absolute Gasteiger partial charge is 0.339 e. The molecule has 0 aliphatic carbocycles. The number of fused-ring (bicyclic) bond motifs is 1. The summed E-state index contributed by atoms with van der Waals surface area (Å²) in [4.78, 5) is 16.2. The quantitative estimate of drug-likeness (QED) is 0.495. The molecule has 0 aliphatic heterocycles. The number of methoxy groups -OCH3 is 1. The maximum Gasteiger partial charge on any atom is 0.339 e. The fraction of sp³-hybridized carbons (Fsp3) is 0.0476. The average molecular weight is 392 g/mol. The number of hydrogen-bond acceptors (Lipinski definition) is 5. The van der Waals surface area contributed by atoms with Gasteiger partial charge in [-0.2, -0.15) is 0 Å². The number of hydrogen-bond donors (Lipinski definition) is 0. The topological polar surface area (TPSA) is 78.3 Å². The second-order valence-corrected chi connectivity index (χ2v) is 7.91. The third kappa shape index (κ3) is 2.95. The Labute approximate surface area is 162 Å². The van der Waals surface area contributed by atoms with Crippen LogP contribution in [0.25, 0.3) is 22.2 Å². The van der Waals surface area contributed by atoms with Gasteiger partial charge in [0.1, 0.15) is 0 Å². The molecule has 2 aromatic carbocycles. The number of benzene rings is 2. The van der Waals surface area contributed by atoms with Crippen molar-refractivity contribution in [1.29, 1.82) is 0 Å². The van der Waals surface area contributed by atoms with Gasteiger partial charge in [0.2, 0.25) is 0 Å². The number of carbonyl (C=O) groups is 1. The Bertz CT molecular complexity index is 1260. The Morgan fingerprint density at radius 1 is 0.964 bits per heavy atom. The molecule has 0 radical (unpaired) electrons. The molecule has 0 amide bonds. The van der Waals surface area contributed by atoms with Crippen molar-refractivity contribution in [3.8, 4) is 11.3 Å². The minimum absolute atomic E-state index is 0.205. The van der Waals surface area contributed by atoms with Crippen molar-refractivity contribution in [1.82, 2.24) is 8.96 Å². The average Bonchev–Trinajstić information content (AvgIpc) is 3.14. The van der Waals surface area contributed by atoms with Crippen LogP contribution in [0.1, 0.15) is 10.4 Å². The van der Waals surface area contributed by atoms with Crippen LogP contribution in [-0.4, -0.2) is 30.5 Å². The van der Waals surface area contributed by atoms with Gasteiger partial charge in [0.15, 0.2) is 0 Å². The van der Waals surface area contributed by atoms with Crippen molar-refractivity contribution >= 4 is 26.9 Å². The van der Waals surface area contributed by atoms with Crippen LogP contribution in [0.2, 0.25) is 0 Å². The van der Waals surface area contributed by atoms with Crippen molar-refractivity contribution in [2.45, 2.75) is 4.90 Å². The monoisotopic (exact) mass is 392 g/mol. The zero-order valence-corrected chi connectivity index (χ0v) is 15.8. The molecule has 4 rings (SSSR count). The third-order valence-electron chi connectivity index (χ3n) is 4.44. The zero-order valence-electron chi connectivity index (χ0n) is 14.9. The van der Waals surface area contributed by atoms with E-state index in [0.29, 0.717) is 22.3 Å². The molecular weight excluding hydrogens is 376 g/mol. The van der Waals surface area contributed by atoms with Crippen LogP contribution in [0.15, 0.2) is 84.0 Å². The van der Waals surface area contributed by atoms with Crippen molar-refractivity contribution in [3.05, 3.63) is 84.7 Å². The van der Waals surface area contributed by atoms with Gasteiger partial charge in [0.25, 0.3) is 10.0 Å². The van der Waals surface area contributed by atoms with Crippen molar-refractivity contribution in [2.75, 3.05) is 7.11 Å². The second-order valence-electron chi connectivity index (χ2n) is 6.10. The molecule has 0 saturated carbocycles. The highest BCUT2D eigenvalue weighted by atomic mass is 32.2. The highest BCUT2D eigenvalue weighted by Gasteiger charge is 2.22. The third-order valence-corrected chi connectivity index (χ3v) is 6.13. The van der Waals surface area contributed by atoms with Gasteiger partial charge in [0.05, 0.1) is 28.8 Å². The summed E-state index contributed by atoms with van der Waals surface area (Å²) in [6.07, 6.45) is 2.98. The normalized spacial score (nSPS) is 11.5. The molecule has 0 N–H and O–H groups in total. The molecule has 0 spiro atoms. The molecule has 2 aromatic heterocycles. The van der Waals surface area contributed by atoms with Crippen LogP contribution in [-0.2, 0) is 14.8 Å². The molecule has 140 valence electrons. The molecule has 0 saturated heterocycles. The van der Waals surface area contributed by atoms with Gasteiger partial charge < -0.3 is 4.74 Å². The fourth-order valence-corrected chi connectivity index (χ4v) is 4.44. The van der Waals surface area contributed by atoms with Crippen LogP contribution in [0, 0.1) is 0 Å². The first-order chi connectivity index (χ1) is 13.5. The van der Waals surface area contributed by atoms with Gasteiger partial charge in [0, 0.05) is 23.3 Å². The van der Waals surface area contributed by atoms with Crippen LogP contribution in [0.4, 0.5) is 0 Å². The maximum atomic E-state index is 13.2. The number of esters is 1. The van der Waals surface area contributed by atoms with E-state index in [9.17, 15) is 13.2 Å². The second kappa shape index (κ2) is 6.94. The first-order valence-electron chi connectivity index (χ1n) is 8.48. The number of ether oxygens (including phenoxy) is 1. The number of nitrogens with zero attached hydrogens (tertiary/aromatic N) is 2. The number of aromatic nitrogens is 2. The van der Waals surface area contributed by atoms with Crippen LogP contribution in [0.5, 0.6) is 0 Å². The summed E-state index contributed by atoms with van der Waals surface area (Å²) in [5.74, 6) is -0.479. The summed E-state index contributed by atoms with van der Waals surface area (Å²) in [7, 11) is -2.46. The van der Waals surface area contributed by atoms with E-state index in [0.717, 1.165) is 5.39 Å². The summed E-state index contributed by atoms with van der Waals surface area (Å²) < 4.78 is 32.3. The van der Waals surface area contributed by atoms with E-state index in [1.54, 1.807) is 60.8 Å². The fourth-order valence-electron chi connectivity index (χ4n) is 3.05. The SMILES string of the molecule is COC(=O)c1ccc(-c2cn(S(=O)(=O)c3ccccc3)c3ccccc23)nc1. The minimum Gasteiger partial charge on any atom is -0.465 e. The van der Waals surface area contributed by atoms with Crippen molar-refractivity contribution in [2.24, 2.45) is 0 Å². The van der Waals surface area contributed by atoms with E-state index in [2.05, 4.69) is 9.72 Å². The molecule has 28 heavy (non-hydrogen) atoms. The van der Waals surface area contributed by atoms with Crippen molar-refractivity contribution in [3.63, 3.8) is 0 Å². The highest BCUT2D eigenvalue weighted by Crippen LogP contribution is 2.32. The lowest BCUT2D eigenvalue weighted by Crippen LogP contribution is -2.11. The van der Waals surface area contributed by atoms with E-state index in [1.165, 1.54) is 17.3 Å². The lowest BCUT2D eigenvalue weighted by Gasteiger charge is -2.07. The standard InChI is InChI=1S/C21H16N2O4S/c1-27-21(24)15-11-12-19(22-13-15)18-14-23(20-10-6-5-9-17(18)20)28(25,26)16-7-3-2-4-8-16/h2-14H,1H3. The summed E-state index contributed by atoms with van der Waals surface area (Å²) in [6, 6.07) is 18.8. The summed E-state index contributed by atoms with van der Waals surface area (Å²) >= 11 is 0. The maximum absolute atomic E-state index is 13.2. The number of rotatable bonds is 4. The number of para-hydroxylation sites is 1. The summed E-state index contributed by atoms with van der Waals surface area (Å²) in [5, 5.41) is 0.750. The molecule has 7 heteroatoms. The molecule has 0 aliphatic rings. The van der Waals surface area contributed by atoms with E-state index >= 15 is 0 Å². The van der Waals surface area contributed by atoms with Gasteiger partial charge in [-0.25, -0.2) is 17.2 Å². The van der Waals surface area contributed by atoms with Gasteiger partial charge in [-0.15, -0.1) is 0 Å². The number of pyridine rings is 1. The van der Waals surface area contributed by atoms with Gasteiger partial charge >= 0.3 is 5.97 Å². The lowest BCUT2D eigenvalue weighted by molar-refractivity contribution is 0.0600. The minimum atomic E-state index is -3.76. The largest absolute Gasteiger partial charge is 0.465 e.